The molecule has 1 aromatic heterocycles. The number of aromatic nitrogens is 3. The second-order valence-corrected chi connectivity index (χ2v) is 7.09. The molecule has 148 valence electrons. The van der Waals surface area contributed by atoms with Gasteiger partial charge in [0, 0.05) is 32.6 Å². The van der Waals surface area contributed by atoms with E-state index in [-0.39, 0.29) is 5.82 Å². The first-order valence-electron chi connectivity index (χ1n) is 9.35. The van der Waals surface area contributed by atoms with Gasteiger partial charge in [0.2, 0.25) is 0 Å². The lowest BCUT2D eigenvalue weighted by molar-refractivity contribution is 0.626. The molecular formula is C19H29FN6S. The first-order chi connectivity index (χ1) is 13.2. The molecule has 0 aliphatic carbocycles. The van der Waals surface area contributed by atoms with Gasteiger partial charge in [0.05, 0.1) is 0 Å². The number of hydrogen-bond acceptors (Lipinski definition) is 4. The van der Waals surface area contributed by atoms with Crippen molar-refractivity contribution in [3.8, 4) is 0 Å². The Hall–Kier alpha value is -2.09. The number of guanidine groups is 1. The van der Waals surface area contributed by atoms with Gasteiger partial charge in [-0.1, -0.05) is 19.1 Å². The minimum atomic E-state index is -0.204. The quantitative estimate of drug-likeness (QED) is 0.349. The van der Waals surface area contributed by atoms with E-state index in [9.17, 15) is 4.39 Å². The van der Waals surface area contributed by atoms with Gasteiger partial charge in [0.25, 0.3) is 0 Å². The smallest absolute Gasteiger partial charge is 0.191 e. The third-order valence-corrected chi connectivity index (χ3v) is 4.75. The molecule has 0 radical (unpaired) electrons. The summed E-state index contributed by atoms with van der Waals surface area (Å²) >= 11 is 1.83. The highest BCUT2D eigenvalue weighted by molar-refractivity contribution is 7.98. The maximum Gasteiger partial charge on any atom is 0.191 e. The predicted octanol–water partition coefficient (Wildman–Crippen LogP) is 2.51. The normalized spacial score (nSPS) is 11.6. The summed E-state index contributed by atoms with van der Waals surface area (Å²) in [6, 6.07) is 6.63. The fourth-order valence-electron chi connectivity index (χ4n) is 2.58. The fraction of sp³-hybridized carbons (Fsp3) is 0.526. The zero-order valence-electron chi connectivity index (χ0n) is 16.1. The van der Waals surface area contributed by atoms with Gasteiger partial charge in [-0.3, -0.25) is 4.99 Å². The zero-order valence-corrected chi connectivity index (χ0v) is 16.9. The highest BCUT2D eigenvalue weighted by Gasteiger charge is 2.03. The van der Waals surface area contributed by atoms with Crippen molar-refractivity contribution in [1.82, 2.24) is 25.4 Å². The summed E-state index contributed by atoms with van der Waals surface area (Å²) in [4.78, 5) is 4.65. The van der Waals surface area contributed by atoms with E-state index < -0.39 is 0 Å². The largest absolute Gasteiger partial charge is 0.356 e. The Kier molecular flexibility index (Phi) is 9.68. The molecule has 27 heavy (non-hydrogen) atoms. The van der Waals surface area contributed by atoms with Gasteiger partial charge in [-0.15, -0.1) is 10.2 Å². The Morgan fingerprint density at radius 1 is 1.22 bits per heavy atom. The van der Waals surface area contributed by atoms with E-state index in [2.05, 4.69) is 43.6 Å². The number of benzene rings is 1. The predicted molar refractivity (Wildman–Crippen MR) is 111 cm³/mol. The van der Waals surface area contributed by atoms with E-state index in [0.717, 1.165) is 68.5 Å². The van der Waals surface area contributed by atoms with Gasteiger partial charge in [0.15, 0.2) is 5.96 Å². The number of halogens is 1. The SMILES string of the molecule is CCc1nncn1CCNC(=NCCCSC)NCCc1ccc(F)cc1. The molecule has 2 rings (SSSR count). The van der Waals surface area contributed by atoms with Crippen molar-refractivity contribution in [2.45, 2.75) is 32.7 Å². The summed E-state index contributed by atoms with van der Waals surface area (Å²) in [5.74, 6) is 2.70. The van der Waals surface area contributed by atoms with Crippen molar-refractivity contribution < 1.29 is 4.39 Å². The average Bonchev–Trinajstić information content (AvgIpc) is 3.14. The minimum Gasteiger partial charge on any atom is -0.356 e. The number of aliphatic imine (C=N–C) groups is 1. The lowest BCUT2D eigenvalue weighted by Crippen LogP contribution is -2.40. The molecule has 0 fully saturated rings. The van der Waals surface area contributed by atoms with Crippen LogP contribution in [0.3, 0.4) is 0 Å². The third-order valence-electron chi connectivity index (χ3n) is 4.05. The highest BCUT2D eigenvalue weighted by atomic mass is 32.2. The molecule has 0 spiro atoms. The van der Waals surface area contributed by atoms with Gasteiger partial charge in [0.1, 0.15) is 18.0 Å². The van der Waals surface area contributed by atoms with Crippen LogP contribution in [0.25, 0.3) is 0 Å². The zero-order chi connectivity index (χ0) is 19.3. The third kappa shape index (κ3) is 7.99. The highest BCUT2D eigenvalue weighted by Crippen LogP contribution is 2.02. The van der Waals surface area contributed by atoms with Crippen molar-refractivity contribution in [2.24, 2.45) is 4.99 Å². The molecule has 0 saturated heterocycles. The topological polar surface area (TPSA) is 67.1 Å². The number of rotatable bonds is 11. The Morgan fingerprint density at radius 2 is 2.00 bits per heavy atom. The van der Waals surface area contributed by atoms with Crippen molar-refractivity contribution in [3.05, 3.63) is 47.8 Å². The van der Waals surface area contributed by atoms with Crippen LogP contribution in [0, 0.1) is 5.82 Å². The molecular weight excluding hydrogens is 363 g/mol. The van der Waals surface area contributed by atoms with Crippen LogP contribution in [-0.2, 0) is 19.4 Å². The number of hydrogen-bond donors (Lipinski definition) is 2. The van der Waals surface area contributed by atoms with Crippen molar-refractivity contribution >= 4 is 17.7 Å². The first kappa shape index (κ1) is 21.2. The van der Waals surface area contributed by atoms with Crippen LogP contribution >= 0.6 is 11.8 Å². The molecule has 2 aromatic rings. The van der Waals surface area contributed by atoms with Gasteiger partial charge in [-0.05, 0) is 42.5 Å². The molecule has 2 N–H and O–H groups in total. The summed E-state index contributed by atoms with van der Waals surface area (Å²) < 4.78 is 15.0. The number of thioether (sulfide) groups is 1. The summed E-state index contributed by atoms with van der Waals surface area (Å²) in [7, 11) is 0. The van der Waals surface area contributed by atoms with Crippen LogP contribution in [0.1, 0.15) is 24.7 Å². The van der Waals surface area contributed by atoms with Gasteiger partial charge in [-0.25, -0.2) is 4.39 Å². The van der Waals surface area contributed by atoms with Crippen LogP contribution in [0.5, 0.6) is 0 Å². The molecule has 0 amide bonds. The molecule has 1 heterocycles. The summed E-state index contributed by atoms with van der Waals surface area (Å²) in [6.45, 7) is 5.14. The maximum absolute atomic E-state index is 13.0. The van der Waals surface area contributed by atoms with E-state index in [4.69, 9.17) is 0 Å². The number of aryl methyl sites for hydroxylation is 1. The molecule has 1 aromatic carbocycles. The summed E-state index contributed by atoms with van der Waals surface area (Å²) in [5.41, 5.74) is 1.10. The van der Waals surface area contributed by atoms with Crippen molar-refractivity contribution in [2.75, 3.05) is 31.6 Å². The second kappa shape index (κ2) is 12.3. The fourth-order valence-corrected chi connectivity index (χ4v) is 3.00. The molecule has 8 heteroatoms. The van der Waals surface area contributed by atoms with E-state index in [1.807, 2.05) is 23.9 Å². The van der Waals surface area contributed by atoms with E-state index in [1.54, 1.807) is 6.33 Å². The van der Waals surface area contributed by atoms with Gasteiger partial charge in [-0.2, -0.15) is 11.8 Å². The molecule has 0 unspecified atom stereocenters. The van der Waals surface area contributed by atoms with E-state index in [0.29, 0.717) is 0 Å². The Labute approximate surface area is 165 Å². The lowest BCUT2D eigenvalue weighted by atomic mass is 10.1. The van der Waals surface area contributed by atoms with Crippen LogP contribution in [0.15, 0.2) is 35.6 Å². The van der Waals surface area contributed by atoms with E-state index in [1.165, 1.54) is 12.1 Å². The van der Waals surface area contributed by atoms with Crippen molar-refractivity contribution in [1.29, 1.82) is 0 Å². The summed E-state index contributed by atoms with van der Waals surface area (Å²) in [5, 5.41) is 14.8. The van der Waals surface area contributed by atoms with Crippen LogP contribution < -0.4 is 10.6 Å². The lowest BCUT2D eigenvalue weighted by Gasteiger charge is -2.13. The number of nitrogens with zero attached hydrogens (tertiary/aromatic N) is 4. The Bertz CT molecular complexity index is 686. The van der Waals surface area contributed by atoms with Crippen LogP contribution in [0.2, 0.25) is 0 Å². The van der Waals surface area contributed by atoms with E-state index >= 15 is 0 Å². The van der Waals surface area contributed by atoms with Crippen LogP contribution in [-0.4, -0.2) is 52.4 Å². The second-order valence-electron chi connectivity index (χ2n) is 6.10. The molecule has 0 saturated carbocycles. The molecule has 0 aliphatic heterocycles. The Morgan fingerprint density at radius 3 is 2.74 bits per heavy atom. The number of nitrogens with one attached hydrogen (secondary N) is 2. The maximum atomic E-state index is 13.0. The molecule has 0 bridgehead atoms. The monoisotopic (exact) mass is 392 g/mol. The minimum absolute atomic E-state index is 0.204. The first-order valence-corrected chi connectivity index (χ1v) is 10.7. The average molecular weight is 393 g/mol. The van der Waals surface area contributed by atoms with Crippen molar-refractivity contribution in [3.63, 3.8) is 0 Å². The van der Waals surface area contributed by atoms with Crippen LogP contribution in [0.4, 0.5) is 4.39 Å². The Balaban J connectivity index is 1.81. The molecule has 0 atom stereocenters. The standard InChI is InChI=1S/C19H29FN6S/c1-3-18-25-24-15-26(18)13-12-23-19(21-10-4-14-27-2)22-11-9-16-5-7-17(20)8-6-16/h5-8,15H,3-4,9-14H2,1-2H3,(H2,21,22,23). The summed E-state index contributed by atoms with van der Waals surface area (Å²) in [6.07, 6.45) is 6.60. The van der Waals surface area contributed by atoms with Gasteiger partial charge < -0.3 is 15.2 Å². The van der Waals surface area contributed by atoms with Gasteiger partial charge >= 0.3 is 0 Å². The molecule has 6 nitrogen and oxygen atoms in total. The molecule has 0 aliphatic rings.